The van der Waals surface area contributed by atoms with Crippen molar-refractivity contribution in [2.75, 3.05) is 6.26 Å². The molecule has 2 rings (SSSR count). The van der Waals surface area contributed by atoms with Crippen molar-refractivity contribution in [3.8, 4) is 0 Å². The Hall–Kier alpha value is -1.74. The van der Waals surface area contributed by atoms with Crippen molar-refractivity contribution in [2.24, 2.45) is 0 Å². The van der Waals surface area contributed by atoms with Crippen molar-refractivity contribution in [2.45, 2.75) is 18.4 Å². The van der Waals surface area contributed by atoms with Gasteiger partial charge in [0.1, 0.15) is 0 Å². The molecule has 0 saturated carbocycles. The number of aryl methyl sites for hydroxylation is 1. The molecule has 0 aromatic heterocycles. The molecule has 0 fully saturated rings. The minimum absolute atomic E-state index is 0.0340. The lowest BCUT2D eigenvalue weighted by molar-refractivity contribution is 0.0951. The van der Waals surface area contributed by atoms with Crippen molar-refractivity contribution in [3.63, 3.8) is 0 Å². The number of rotatable bonds is 4. The van der Waals surface area contributed by atoms with E-state index in [0.717, 1.165) is 10.5 Å². The molecule has 0 aliphatic rings. The predicted octanol–water partition coefficient (Wildman–Crippen LogP) is 3.65. The highest BCUT2D eigenvalue weighted by Crippen LogP contribution is 2.14. The van der Waals surface area contributed by atoms with Crippen molar-refractivity contribution < 1.29 is 4.79 Å². The van der Waals surface area contributed by atoms with Crippen LogP contribution in [0.25, 0.3) is 0 Å². The summed E-state index contributed by atoms with van der Waals surface area (Å²) in [6, 6.07) is 15.8. The lowest BCUT2D eigenvalue weighted by Crippen LogP contribution is -2.22. The fraction of sp³-hybridized carbons (Fsp3) is 0.188. The van der Waals surface area contributed by atoms with Crippen molar-refractivity contribution in [3.05, 3.63) is 65.2 Å². The van der Waals surface area contributed by atoms with Crippen LogP contribution in [0, 0.1) is 6.92 Å². The van der Waals surface area contributed by atoms with E-state index in [1.807, 2.05) is 42.7 Å². The van der Waals surface area contributed by atoms with Gasteiger partial charge in [-0.05, 0) is 43.0 Å². The normalized spacial score (nSPS) is 10.2. The van der Waals surface area contributed by atoms with Gasteiger partial charge < -0.3 is 5.32 Å². The first-order chi connectivity index (χ1) is 9.19. The molecular weight excluding hydrogens is 254 g/mol. The molecule has 0 bridgehead atoms. The minimum atomic E-state index is -0.0340. The van der Waals surface area contributed by atoms with Gasteiger partial charge in [0, 0.05) is 17.0 Å². The highest BCUT2D eigenvalue weighted by atomic mass is 32.2. The Balaban J connectivity index is 1.95. The average molecular weight is 271 g/mol. The lowest BCUT2D eigenvalue weighted by Gasteiger charge is -2.06. The summed E-state index contributed by atoms with van der Waals surface area (Å²) in [6.07, 6.45) is 2.02. The quantitative estimate of drug-likeness (QED) is 0.860. The van der Waals surface area contributed by atoms with E-state index in [1.54, 1.807) is 11.8 Å². The number of thioether (sulfide) groups is 1. The summed E-state index contributed by atoms with van der Waals surface area (Å²) in [7, 11) is 0. The summed E-state index contributed by atoms with van der Waals surface area (Å²) in [6.45, 7) is 2.61. The van der Waals surface area contributed by atoms with Crippen LogP contribution in [0.3, 0.4) is 0 Å². The molecule has 2 aromatic rings. The van der Waals surface area contributed by atoms with Gasteiger partial charge >= 0.3 is 0 Å². The summed E-state index contributed by atoms with van der Waals surface area (Å²) in [4.78, 5) is 13.1. The van der Waals surface area contributed by atoms with Gasteiger partial charge in [-0.3, -0.25) is 4.79 Å². The van der Waals surface area contributed by atoms with E-state index in [9.17, 15) is 4.79 Å². The Morgan fingerprint density at radius 1 is 1.05 bits per heavy atom. The van der Waals surface area contributed by atoms with Gasteiger partial charge in [0.05, 0.1) is 0 Å². The molecule has 2 aromatic carbocycles. The summed E-state index contributed by atoms with van der Waals surface area (Å²) < 4.78 is 0. The van der Waals surface area contributed by atoms with Crippen molar-refractivity contribution in [1.82, 2.24) is 5.32 Å². The second kappa shape index (κ2) is 6.43. The van der Waals surface area contributed by atoms with Gasteiger partial charge in [-0.15, -0.1) is 11.8 Å². The maximum Gasteiger partial charge on any atom is 0.251 e. The molecular formula is C16H17NOS. The van der Waals surface area contributed by atoms with Gasteiger partial charge in [-0.25, -0.2) is 0 Å². The van der Waals surface area contributed by atoms with Crippen LogP contribution in [-0.2, 0) is 6.54 Å². The molecule has 0 saturated heterocycles. The summed E-state index contributed by atoms with van der Waals surface area (Å²) >= 11 is 1.67. The minimum Gasteiger partial charge on any atom is -0.348 e. The largest absolute Gasteiger partial charge is 0.348 e. The zero-order chi connectivity index (χ0) is 13.7. The third-order valence-corrected chi connectivity index (χ3v) is 3.67. The number of carbonyl (C=O) groups excluding carboxylic acids is 1. The number of nitrogens with one attached hydrogen (secondary N) is 1. The molecule has 0 heterocycles. The molecule has 3 heteroatoms. The highest BCUT2D eigenvalue weighted by molar-refractivity contribution is 7.98. The Morgan fingerprint density at radius 2 is 1.68 bits per heavy atom. The van der Waals surface area contributed by atoms with E-state index in [1.165, 1.54) is 5.56 Å². The summed E-state index contributed by atoms with van der Waals surface area (Å²) in [5.74, 6) is -0.0340. The van der Waals surface area contributed by atoms with Crippen LogP contribution >= 0.6 is 11.8 Å². The smallest absolute Gasteiger partial charge is 0.251 e. The average Bonchev–Trinajstić information content (AvgIpc) is 2.46. The maximum absolute atomic E-state index is 12.0. The first kappa shape index (κ1) is 13.7. The van der Waals surface area contributed by atoms with E-state index in [-0.39, 0.29) is 5.91 Å². The highest BCUT2D eigenvalue weighted by Gasteiger charge is 2.04. The number of carbonyl (C=O) groups is 1. The van der Waals surface area contributed by atoms with E-state index < -0.39 is 0 Å². The molecule has 19 heavy (non-hydrogen) atoms. The van der Waals surface area contributed by atoms with E-state index in [4.69, 9.17) is 0 Å². The zero-order valence-electron chi connectivity index (χ0n) is 11.1. The van der Waals surface area contributed by atoms with E-state index in [2.05, 4.69) is 24.4 Å². The summed E-state index contributed by atoms with van der Waals surface area (Å²) in [5, 5.41) is 2.93. The first-order valence-corrected chi connectivity index (χ1v) is 7.39. The van der Waals surface area contributed by atoms with E-state index >= 15 is 0 Å². The van der Waals surface area contributed by atoms with Crippen molar-refractivity contribution >= 4 is 17.7 Å². The van der Waals surface area contributed by atoms with Crippen LogP contribution in [0.1, 0.15) is 21.5 Å². The van der Waals surface area contributed by atoms with Gasteiger partial charge in [0.15, 0.2) is 0 Å². The number of benzene rings is 2. The number of hydrogen-bond donors (Lipinski definition) is 1. The van der Waals surface area contributed by atoms with Gasteiger partial charge in [0.2, 0.25) is 0 Å². The fourth-order valence-electron chi connectivity index (χ4n) is 1.73. The molecule has 98 valence electrons. The fourth-order valence-corrected chi connectivity index (χ4v) is 2.14. The van der Waals surface area contributed by atoms with Crippen LogP contribution < -0.4 is 5.32 Å². The topological polar surface area (TPSA) is 29.1 Å². The monoisotopic (exact) mass is 271 g/mol. The molecule has 0 radical (unpaired) electrons. The van der Waals surface area contributed by atoms with Crippen LogP contribution in [0.15, 0.2) is 53.4 Å². The SMILES string of the molecule is CSc1ccc(C(=O)NCc2ccc(C)cc2)cc1. The van der Waals surface area contributed by atoms with Gasteiger partial charge in [-0.1, -0.05) is 29.8 Å². The second-order valence-electron chi connectivity index (χ2n) is 4.40. The second-order valence-corrected chi connectivity index (χ2v) is 5.28. The third-order valence-electron chi connectivity index (χ3n) is 2.93. The Morgan fingerprint density at radius 3 is 2.26 bits per heavy atom. The number of amides is 1. The maximum atomic E-state index is 12.0. The van der Waals surface area contributed by atoms with Crippen LogP contribution in [0.5, 0.6) is 0 Å². The van der Waals surface area contributed by atoms with Crippen LogP contribution in [0.4, 0.5) is 0 Å². The molecule has 0 spiro atoms. The Bertz CT molecular complexity index is 546. The summed E-state index contributed by atoms with van der Waals surface area (Å²) in [5.41, 5.74) is 3.03. The molecule has 2 nitrogen and oxygen atoms in total. The van der Waals surface area contributed by atoms with Crippen molar-refractivity contribution in [1.29, 1.82) is 0 Å². The standard InChI is InChI=1S/C16H17NOS/c1-12-3-5-13(6-4-12)11-17-16(18)14-7-9-15(19-2)10-8-14/h3-10H,11H2,1-2H3,(H,17,18). The molecule has 0 aliphatic heterocycles. The predicted molar refractivity (Wildman–Crippen MR) is 80.6 cm³/mol. The van der Waals surface area contributed by atoms with E-state index in [0.29, 0.717) is 12.1 Å². The molecule has 0 aliphatic carbocycles. The van der Waals surface area contributed by atoms with Gasteiger partial charge in [0.25, 0.3) is 5.91 Å². The van der Waals surface area contributed by atoms with Gasteiger partial charge in [-0.2, -0.15) is 0 Å². The Labute approximate surface area is 118 Å². The zero-order valence-corrected chi connectivity index (χ0v) is 12.0. The Kier molecular flexibility index (Phi) is 4.63. The molecule has 1 amide bonds. The molecule has 0 atom stereocenters. The van der Waals surface area contributed by atoms with Crippen LogP contribution in [0.2, 0.25) is 0 Å². The third kappa shape index (κ3) is 3.86. The number of hydrogen-bond acceptors (Lipinski definition) is 2. The lowest BCUT2D eigenvalue weighted by atomic mass is 10.1. The molecule has 1 N–H and O–H groups in total. The first-order valence-electron chi connectivity index (χ1n) is 6.17. The van der Waals surface area contributed by atoms with Crippen LogP contribution in [-0.4, -0.2) is 12.2 Å². The molecule has 0 unspecified atom stereocenters.